The number of aryl methyl sites for hydroxylation is 1. The van der Waals surface area contributed by atoms with Crippen LogP contribution in [-0.2, 0) is 13.1 Å². The largest absolute Gasteiger partial charge is 0.331 e. The van der Waals surface area contributed by atoms with Gasteiger partial charge in [0.1, 0.15) is 6.33 Å². The lowest BCUT2D eigenvalue weighted by Gasteiger charge is -2.24. The second-order valence-electron chi connectivity index (χ2n) is 5.06. The molecule has 0 unspecified atom stereocenters. The predicted molar refractivity (Wildman–Crippen MR) is 80.9 cm³/mol. The van der Waals surface area contributed by atoms with Crippen LogP contribution < -0.4 is 5.32 Å². The van der Waals surface area contributed by atoms with Gasteiger partial charge in [-0.15, -0.1) is 21.5 Å². The van der Waals surface area contributed by atoms with Crippen LogP contribution in [-0.4, -0.2) is 32.2 Å². The maximum atomic E-state index is 12.4. The van der Waals surface area contributed by atoms with Crippen LogP contribution in [0.25, 0.3) is 0 Å². The Kier molecular flexibility index (Phi) is 4.19. The van der Waals surface area contributed by atoms with Crippen molar-refractivity contribution in [2.75, 3.05) is 6.54 Å². The molecule has 21 heavy (non-hydrogen) atoms. The number of aromatic nitrogens is 3. The molecule has 2 aromatic heterocycles. The first-order chi connectivity index (χ1) is 10.3. The Bertz CT molecular complexity index is 594. The number of urea groups is 1. The Morgan fingerprint density at radius 3 is 3.24 bits per heavy atom. The number of nitrogens with zero attached hydrogens (tertiary/aromatic N) is 4. The van der Waals surface area contributed by atoms with Crippen molar-refractivity contribution >= 4 is 17.4 Å². The van der Waals surface area contributed by atoms with Gasteiger partial charge in [0.25, 0.3) is 0 Å². The minimum atomic E-state index is -0.0171. The highest BCUT2D eigenvalue weighted by atomic mass is 32.1. The van der Waals surface area contributed by atoms with Gasteiger partial charge in [0.15, 0.2) is 5.82 Å². The highest BCUT2D eigenvalue weighted by Gasteiger charge is 2.30. The summed E-state index contributed by atoms with van der Waals surface area (Å²) in [5.41, 5.74) is 0. The third-order valence-corrected chi connectivity index (χ3v) is 4.79. The first-order valence-corrected chi connectivity index (χ1v) is 8.12. The molecular formula is C14H19N5OS. The summed E-state index contributed by atoms with van der Waals surface area (Å²) >= 11 is 1.72. The zero-order valence-corrected chi connectivity index (χ0v) is 12.8. The van der Waals surface area contributed by atoms with Crippen molar-refractivity contribution in [2.24, 2.45) is 0 Å². The number of amides is 2. The number of carbonyl (C=O) groups excluding carboxylic acids is 1. The van der Waals surface area contributed by atoms with E-state index in [1.165, 1.54) is 4.88 Å². The fourth-order valence-electron chi connectivity index (χ4n) is 2.72. The van der Waals surface area contributed by atoms with E-state index in [-0.39, 0.29) is 12.1 Å². The van der Waals surface area contributed by atoms with Crippen molar-refractivity contribution in [3.8, 4) is 0 Å². The van der Waals surface area contributed by atoms with Crippen molar-refractivity contribution in [3.63, 3.8) is 0 Å². The number of rotatable bonds is 4. The normalized spacial score (nSPS) is 18.1. The molecule has 3 rings (SSSR count). The van der Waals surface area contributed by atoms with Gasteiger partial charge in [-0.2, -0.15) is 0 Å². The molecule has 0 spiro atoms. The van der Waals surface area contributed by atoms with E-state index in [9.17, 15) is 4.79 Å². The van der Waals surface area contributed by atoms with E-state index in [1.807, 2.05) is 22.5 Å². The number of hydrogen-bond acceptors (Lipinski definition) is 4. The molecule has 0 radical (unpaired) electrons. The van der Waals surface area contributed by atoms with Crippen LogP contribution in [0.5, 0.6) is 0 Å². The minimum Gasteiger partial charge on any atom is -0.331 e. The van der Waals surface area contributed by atoms with Gasteiger partial charge in [0, 0.05) is 18.0 Å². The third-order valence-electron chi connectivity index (χ3n) is 3.82. The first-order valence-electron chi connectivity index (χ1n) is 7.24. The first kappa shape index (κ1) is 14.1. The molecule has 1 N–H and O–H groups in total. The third kappa shape index (κ3) is 2.92. The number of thiophene rings is 1. The molecule has 7 heteroatoms. The van der Waals surface area contributed by atoms with E-state index in [0.717, 1.165) is 31.8 Å². The predicted octanol–water partition coefficient (Wildman–Crippen LogP) is 2.41. The zero-order chi connectivity index (χ0) is 14.7. The lowest BCUT2D eigenvalue weighted by Crippen LogP contribution is -2.39. The number of nitrogens with one attached hydrogen (secondary N) is 1. The highest BCUT2D eigenvalue weighted by molar-refractivity contribution is 7.10. The van der Waals surface area contributed by atoms with Gasteiger partial charge in [-0.3, -0.25) is 0 Å². The molecule has 1 fully saturated rings. The fourth-order valence-corrected chi connectivity index (χ4v) is 3.60. The summed E-state index contributed by atoms with van der Waals surface area (Å²) in [6.45, 7) is 4.07. The van der Waals surface area contributed by atoms with Crippen molar-refractivity contribution in [3.05, 3.63) is 34.5 Å². The molecule has 3 heterocycles. The lowest BCUT2D eigenvalue weighted by atomic mass is 10.2. The molecule has 0 saturated carbocycles. The van der Waals surface area contributed by atoms with E-state index in [4.69, 9.17) is 0 Å². The van der Waals surface area contributed by atoms with Gasteiger partial charge < -0.3 is 14.8 Å². The Balaban J connectivity index is 1.62. The van der Waals surface area contributed by atoms with Gasteiger partial charge in [0.2, 0.25) is 0 Å². The summed E-state index contributed by atoms with van der Waals surface area (Å²) in [5, 5.41) is 12.9. The summed E-state index contributed by atoms with van der Waals surface area (Å²) in [5.74, 6) is 0.790. The summed E-state index contributed by atoms with van der Waals surface area (Å²) in [6, 6.07) is 4.35. The van der Waals surface area contributed by atoms with Crippen molar-refractivity contribution < 1.29 is 4.79 Å². The lowest BCUT2D eigenvalue weighted by molar-refractivity contribution is 0.193. The zero-order valence-electron chi connectivity index (χ0n) is 12.0. The van der Waals surface area contributed by atoms with Crippen LogP contribution in [0, 0.1) is 0 Å². The molecule has 0 aromatic carbocycles. The molecule has 112 valence electrons. The van der Waals surface area contributed by atoms with Crippen LogP contribution in [0.3, 0.4) is 0 Å². The standard InChI is InChI=1S/C14H19N5OS/c1-2-18-10-16-17-13(18)9-15-14(20)19-7-3-5-11(19)12-6-4-8-21-12/h4,6,8,10-11H,2-3,5,7,9H2,1H3,(H,15,20)/t11-/m0/s1. The average Bonchev–Trinajstić information content (AvgIpc) is 3.23. The van der Waals surface area contributed by atoms with Gasteiger partial charge in [-0.1, -0.05) is 6.07 Å². The van der Waals surface area contributed by atoms with E-state index in [1.54, 1.807) is 17.7 Å². The van der Waals surface area contributed by atoms with Crippen molar-refractivity contribution in [2.45, 2.75) is 38.9 Å². The molecule has 2 amide bonds. The number of likely N-dealkylation sites (tertiary alicyclic amines) is 1. The molecule has 1 aliphatic rings. The Hall–Kier alpha value is -1.89. The molecule has 0 bridgehead atoms. The molecule has 6 nitrogen and oxygen atoms in total. The highest BCUT2D eigenvalue weighted by Crippen LogP contribution is 2.34. The Morgan fingerprint density at radius 2 is 2.48 bits per heavy atom. The van der Waals surface area contributed by atoms with E-state index in [2.05, 4.69) is 27.0 Å². The van der Waals surface area contributed by atoms with Crippen LogP contribution >= 0.6 is 11.3 Å². The second kappa shape index (κ2) is 6.26. The van der Waals surface area contributed by atoms with Gasteiger partial charge in [0.05, 0.1) is 12.6 Å². The topological polar surface area (TPSA) is 63.1 Å². The molecule has 2 aromatic rings. The molecule has 1 saturated heterocycles. The minimum absolute atomic E-state index is 0.0171. The maximum absolute atomic E-state index is 12.4. The van der Waals surface area contributed by atoms with Gasteiger partial charge in [-0.05, 0) is 31.2 Å². The van der Waals surface area contributed by atoms with E-state index < -0.39 is 0 Å². The fraction of sp³-hybridized carbons (Fsp3) is 0.500. The summed E-state index contributed by atoms with van der Waals surface area (Å²) in [6.07, 6.45) is 3.78. The monoisotopic (exact) mass is 305 g/mol. The van der Waals surface area contributed by atoms with E-state index >= 15 is 0 Å². The molecule has 1 aliphatic heterocycles. The second-order valence-corrected chi connectivity index (χ2v) is 6.04. The summed E-state index contributed by atoms with van der Waals surface area (Å²) in [7, 11) is 0. The smallest absolute Gasteiger partial charge is 0.318 e. The maximum Gasteiger partial charge on any atom is 0.318 e. The molecule has 0 aliphatic carbocycles. The Morgan fingerprint density at radius 1 is 1.57 bits per heavy atom. The number of hydrogen-bond donors (Lipinski definition) is 1. The molecule has 1 atom stereocenters. The molecular weight excluding hydrogens is 286 g/mol. The quantitative estimate of drug-likeness (QED) is 0.943. The van der Waals surface area contributed by atoms with Crippen molar-refractivity contribution in [1.29, 1.82) is 0 Å². The van der Waals surface area contributed by atoms with Crippen LogP contribution in [0.1, 0.15) is 36.5 Å². The van der Waals surface area contributed by atoms with Crippen molar-refractivity contribution in [1.82, 2.24) is 25.0 Å². The number of carbonyl (C=O) groups is 1. The average molecular weight is 305 g/mol. The van der Waals surface area contributed by atoms with Gasteiger partial charge >= 0.3 is 6.03 Å². The van der Waals surface area contributed by atoms with Gasteiger partial charge in [-0.25, -0.2) is 4.79 Å². The Labute approximate surface area is 127 Å². The van der Waals surface area contributed by atoms with Crippen LogP contribution in [0.2, 0.25) is 0 Å². The summed E-state index contributed by atoms with van der Waals surface area (Å²) < 4.78 is 1.93. The van der Waals surface area contributed by atoms with E-state index in [0.29, 0.717) is 6.54 Å². The van der Waals surface area contributed by atoms with Crippen LogP contribution in [0.15, 0.2) is 23.8 Å². The van der Waals surface area contributed by atoms with Crippen LogP contribution in [0.4, 0.5) is 4.79 Å². The SMILES string of the molecule is CCn1cnnc1CNC(=O)N1CCC[C@H]1c1cccs1. The summed E-state index contributed by atoms with van der Waals surface area (Å²) in [4.78, 5) is 15.6.